The SMILES string of the molecule is C[C@]12CC=C3C=C4CCC(=O)C[C@]45CCC3(O5)[C@@H]1CCC2c1ccc2ccncc2c1. The average molecular weight is 412 g/mol. The molecule has 0 N–H and O–H groups in total. The third-order valence-corrected chi connectivity index (χ3v) is 9.57. The van der Waals surface area contributed by atoms with Gasteiger partial charge in [0, 0.05) is 30.6 Å². The zero-order valence-corrected chi connectivity index (χ0v) is 18.2. The summed E-state index contributed by atoms with van der Waals surface area (Å²) in [4.78, 5) is 16.7. The minimum absolute atomic E-state index is 0.179. The highest BCUT2D eigenvalue weighted by Gasteiger charge is 2.66. The Morgan fingerprint density at radius 3 is 2.97 bits per heavy atom. The number of ketones is 1. The lowest BCUT2D eigenvalue weighted by Gasteiger charge is -2.53. The van der Waals surface area contributed by atoms with Crippen LogP contribution in [0.2, 0.25) is 0 Å². The van der Waals surface area contributed by atoms with E-state index in [-0.39, 0.29) is 16.6 Å². The number of fused-ring (bicyclic) bond motifs is 2. The van der Waals surface area contributed by atoms with Gasteiger partial charge in [0.05, 0.1) is 11.2 Å². The van der Waals surface area contributed by atoms with Crippen LogP contribution in [0.15, 0.2) is 60.0 Å². The van der Waals surface area contributed by atoms with Crippen molar-refractivity contribution >= 4 is 16.6 Å². The Kier molecular flexibility index (Phi) is 3.52. The van der Waals surface area contributed by atoms with Crippen LogP contribution in [-0.2, 0) is 9.53 Å². The fraction of sp³-hybridized carbons (Fsp3) is 0.500. The number of nitrogens with zero attached hydrogens (tertiary/aromatic N) is 1. The number of benzene rings is 1. The summed E-state index contributed by atoms with van der Waals surface area (Å²) in [6.45, 7) is 2.50. The van der Waals surface area contributed by atoms with Crippen molar-refractivity contribution in [3.8, 4) is 0 Å². The van der Waals surface area contributed by atoms with Crippen molar-refractivity contribution in [2.75, 3.05) is 0 Å². The molecule has 3 fully saturated rings. The van der Waals surface area contributed by atoms with Gasteiger partial charge in [-0.3, -0.25) is 9.78 Å². The number of carbonyl (C=O) groups excluding carboxylic acids is 1. The van der Waals surface area contributed by atoms with Crippen molar-refractivity contribution in [1.29, 1.82) is 0 Å². The summed E-state index contributed by atoms with van der Waals surface area (Å²) >= 11 is 0. The highest BCUT2D eigenvalue weighted by Crippen LogP contribution is 2.69. The van der Waals surface area contributed by atoms with Gasteiger partial charge in [0.1, 0.15) is 5.78 Å². The predicted octanol–water partition coefficient (Wildman–Crippen LogP) is 6.05. The van der Waals surface area contributed by atoms with E-state index >= 15 is 0 Å². The summed E-state index contributed by atoms with van der Waals surface area (Å²) in [5.41, 5.74) is 3.99. The number of Topliss-reactive ketones (excluding diaryl/α,β-unsaturated/α-hetero) is 1. The van der Waals surface area contributed by atoms with E-state index in [1.165, 1.54) is 40.3 Å². The summed E-state index contributed by atoms with van der Waals surface area (Å²) < 4.78 is 7.12. The van der Waals surface area contributed by atoms with Gasteiger partial charge in [-0.1, -0.05) is 31.2 Å². The molecule has 1 saturated heterocycles. The zero-order chi connectivity index (χ0) is 20.8. The second kappa shape index (κ2) is 5.95. The van der Waals surface area contributed by atoms with Gasteiger partial charge in [0.25, 0.3) is 0 Å². The van der Waals surface area contributed by atoms with Crippen LogP contribution in [0.25, 0.3) is 10.8 Å². The molecule has 0 radical (unpaired) electrons. The number of ether oxygens (including phenoxy) is 1. The normalized spacial score (nSPS) is 40.7. The summed E-state index contributed by atoms with van der Waals surface area (Å²) in [5.74, 6) is 1.44. The molecule has 2 aliphatic heterocycles. The molecule has 158 valence electrons. The first-order chi connectivity index (χ1) is 15.0. The average Bonchev–Trinajstić information content (AvgIpc) is 3.28. The van der Waals surface area contributed by atoms with E-state index in [0.29, 0.717) is 30.5 Å². The predicted molar refractivity (Wildman–Crippen MR) is 121 cm³/mol. The molecule has 3 heterocycles. The number of hydrogen-bond acceptors (Lipinski definition) is 3. The van der Waals surface area contributed by atoms with Crippen molar-refractivity contribution in [3.63, 3.8) is 0 Å². The second-order valence-electron chi connectivity index (χ2n) is 10.9. The van der Waals surface area contributed by atoms with Crippen LogP contribution in [0.5, 0.6) is 0 Å². The van der Waals surface area contributed by atoms with E-state index in [9.17, 15) is 4.79 Å². The van der Waals surface area contributed by atoms with Crippen molar-refractivity contribution in [3.05, 3.63) is 65.5 Å². The first-order valence-electron chi connectivity index (χ1n) is 12.0. The number of rotatable bonds is 1. The lowest BCUT2D eigenvalue weighted by Crippen LogP contribution is -2.53. The van der Waals surface area contributed by atoms with Crippen molar-refractivity contribution < 1.29 is 9.53 Å². The van der Waals surface area contributed by atoms with Gasteiger partial charge < -0.3 is 4.74 Å². The van der Waals surface area contributed by atoms with Crippen LogP contribution in [0.3, 0.4) is 0 Å². The smallest absolute Gasteiger partial charge is 0.136 e. The van der Waals surface area contributed by atoms with Gasteiger partial charge in [-0.15, -0.1) is 0 Å². The van der Waals surface area contributed by atoms with Crippen molar-refractivity contribution in [2.45, 2.75) is 75.4 Å². The monoisotopic (exact) mass is 411 g/mol. The Morgan fingerprint density at radius 2 is 2.03 bits per heavy atom. The fourth-order valence-electron chi connectivity index (χ4n) is 8.09. The molecule has 2 unspecified atom stereocenters. The van der Waals surface area contributed by atoms with E-state index in [1.54, 1.807) is 0 Å². The number of allylic oxidation sites excluding steroid dienone is 1. The largest absolute Gasteiger partial charge is 0.359 e. The third-order valence-electron chi connectivity index (χ3n) is 9.57. The maximum atomic E-state index is 12.4. The van der Waals surface area contributed by atoms with E-state index in [2.05, 4.69) is 48.3 Å². The summed E-state index contributed by atoms with van der Waals surface area (Å²) in [6.07, 6.45) is 16.6. The van der Waals surface area contributed by atoms with E-state index in [0.717, 1.165) is 25.7 Å². The molecule has 2 bridgehead atoms. The zero-order valence-electron chi connectivity index (χ0n) is 18.2. The molecule has 3 nitrogen and oxygen atoms in total. The summed E-state index contributed by atoms with van der Waals surface area (Å²) in [6, 6.07) is 9.06. The number of carbonyl (C=O) groups is 1. The van der Waals surface area contributed by atoms with Crippen molar-refractivity contribution in [2.24, 2.45) is 11.3 Å². The maximum absolute atomic E-state index is 12.4. The third kappa shape index (κ3) is 2.28. The van der Waals surface area contributed by atoms with Crippen LogP contribution >= 0.6 is 0 Å². The number of aromatic nitrogens is 1. The molecular weight excluding hydrogens is 382 g/mol. The molecule has 0 amide bonds. The lowest BCUT2D eigenvalue weighted by atomic mass is 9.58. The highest BCUT2D eigenvalue weighted by atomic mass is 16.5. The molecular formula is C28H29NO2. The Labute approximate surface area is 183 Å². The summed E-state index contributed by atoms with van der Waals surface area (Å²) in [7, 11) is 0. The summed E-state index contributed by atoms with van der Waals surface area (Å²) in [5, 5.41) is 2.50. The maximum Gasteiger partial charge on any atom is 0.136 e. The molecule has 7 rings (SSSR count). The van der Waals surface area contributed by atoms with Gasteiger partial charge in [-0.05, 0) is 90.0 Å². The van der Waals surface area contributed by atoms with Gasteiger partial charge in [-0.2, -0.15) is 0 Å². The van der Waals surface area contributed by atoms with Crippen LogP contribution < -0.4 is 0 Å². The lowest BCUT2D eigenvalue weighted by molar-refractivity contribution is -0.146. The molecule has 3 aliphatic carbocycles. The van der Waals surface area contributed by atoms with Crippen LogP contribution in [0, 0.1) is 11.3 Å². The number of pyridine rings is 1. The minimum Gasteiger partial charge on any atom is -0.359 e. The van der Waals surface area contributed by atoms with E-state index in [1.807, 2.05) is 12.4 Å². The van der Waals surface area contributed by atoms with E-state index in [4.69, 9.17) is 4.74 Å². The van der Waals surface area contributed by atoms with Crippen LogP contribution in [0.4, 0.5) is 0 Å². The van der Waals surface area contributed by atoms with E-state index < -0.39 is 0 Å². The molecule has 5 aliphatic rings. The Bertz CT molecular complexity index is 1190. The topological polar surface area (TPSA) is 39.2 Å². The van der Waals surface area contributed by atoms with Crippen LogP contribution in [-0.4, -0.2) is 22.0 Å². The highest BCUT2D eigenvalue weighted by molar-refractivity contribution is 5.83. The second-order valence-corrected chi connectivity index (χ2v) is 10.9. The Balaban J connectivity index is 1.31. The molecule has 1 aromatic heterocycles. The number of hydrogen-bond donors (Lipinski definition) is 0. The molecule has 3 heteroatoms. The fourth-order valence-corrected chi connectivity index (χ4v) is 8.09. The van der Waals surface area contributed by atoms with Crippen molar-refractivity contribution in [1.82, 2.24) is 4.98 Å². The minimum atomic E-state index is -0.294. The first kappa shape index (κ1) is 18.3. The Morgan fingerprint density at radius 1 is 1.10 bits per heavy atom. The quantitative estimate of drug-likeness (QED) is 0.574. The molecule has 31 heavy (non-hydrogen) atoms. The molecule has 2 spiro atoms. The molecule has 2 aromatic rings. The Hall–Kier alpha value is -2.26. The van der Waals surface area contributed by atoms with Gasteiger partial charge in [0.15, 0.2) is 0 Å². The standard InChI is InChI=1S/C28H29NO2/c1-26-10-8-22-15-21-4-5-23(30)16-27(21)11-12-28(22,31-27)25(26)7-6-24(26)19-3-2-18-9-13-29-17-20(18)14-19/h2-3,8-9,13-15,17,24-25H,4-7,10-12,16H2,1H3/t24?,25-,26-,27-,28?/m1/s1. The van der Waals surface area contributed by atoms with Gasteiger partial charge in [-0.25, -0.2) is 0 Å². The van der Waals surface area contributed by atoms with Crippen LogP contribution in [0.1, 0.15) is 69.8 Å². The molecule has 1 aromatic carbocycles. The first-order valence-corrected chi connectivity index (χ1v) is 12.0. The van der Waals surface area contributed by atoms with Gasteiger partial charge >= 0.3 is 0 Å². The molecule has 2 saturated carbocycles. The molecule has 5 atom stereocenters. The van der Waals surface area contributed by atoms with Gasteiger partial charge in [0.2, 0.25) is 0 Å².